The molecule has 0 radical (unpaired) electrons. The van der Waals surface area contributed by atoms with Gasteiger partial charge >= 0.3 is 12.1 Å². The minimum atomic E-state index is -0.972. The van der Waals surface area contributed by atoms with Crippen LogP contribution in [-0.2, 0) is 19.1 Å². The van der Waals surface area contributed by atoms with Crippen LogP contribution in [0.4, 0.5) is 4.79 Å². The third-order valence-corrected chi connectivity index (χ3v) is 6.57. The van der Waals surface area contributed by atoms with Gasteiger partial charge in [-0.2, -0.15) is 0 Å². The summed E-state index contributed by atoms with van der Waals surface area (Å²) in [7, 11) is 1.33. The standard InChI is InChI=1S/C22H29BrN2O5/c1-21(2,3)30-20(28)24-16(12-7-9-13(23)10-8-12)18(26)25-11-14-15(22(14,4)5)17(25)19(27)29-6/h7-10,14-17H,11H2,1-6H3,(H,24,28)/t14-,15-,16?,17-/m1/s1. The fraction of sp³-hybridized carbons (Fsp3) is 0.591. The van der Waals surface area contributed by atoms with E-state index < -0.39 is 29.7 Å². The van der Waals surface area contributed by atoms with Crippen LogP contribution < -0.4 is 5.32 Å². The van der Waals surface area contributed by atoms with E-state index in [4.69, 9.17) is 9.47 Å². The summed E-state index contributed by atoms with van der Waals surface area (Å²) in [5.41, 5.74) is -0.107. The van der Waals surface area contributed by atoms with Gasteiger partial charge in [0.25, 0.3) is 5.91 Å². The molecule has 1 saturated heterocycles. The lowest BCUT2D eigenvalue weighted by molar-refractivity contribution is -0.153. The molecule has 1 saturated carbocycles. The molecule has 1 N–H and O–H groups in total. The Kier molecular flexibility index (Phi) is 5.93. The quantitative estimate of drug-likeness (QED) is 0.664. The number of alkyl carbamates (subject to hydrolysis) is 1. The Balaban J connectivity index is 1.89. The van der Waals surface area contributed by atoms with Crippen molar-refractivity contribution in [2.45, 2.75) is 52.3 Å². The van der Waals surface area contributed by atoms with Crippen LogP contribution in [0.2, 0.25) is 0 Å². The number of amides is 2. The Morgan fingerprint density at radius 2 is 1.80 bits per heavy atom. The summed E-state index contributed by atoms with van der Waals surface area (Å²) in [5.74, 6) is -0.478. The monoisotopic (exact) mass is 480 g/mol. The number of hydrogen-bond donors (Lipinski definition) is 1. The lowest BCUT2D eigenvalue weighted by Gasteiger charge is -2.32. The van der Waals surface area contributed by atoms with E-state index in [2.05, 4.69) is 35.1 Å². The summed E-state index contributed by atoms with van der Waals surface area (Å²) in [6, 6.07) is 5.50. The largest absolute Gasteiger partial charge is 0.467 e. The van der Waals surface area contributed by atoms with Crippen molar-refractivity contribution in [1.29, 1.82) is 0 Å². The zero-order valence-electron chi connectivity index (χ0n) is 18.2. The Labute approximate surface area is 185 Å². The van der Waals surface area contributed by atoms with Gasteiger partial charge in [0.1, 0.15) is 17.7 Å². The number of benzene rings is 1. The van der Waals surface area contributed by atoms with E-state index in [9.17, 15) is 14.4 Å². The second kappa shape index (κ2) is 7.87. The number of nitrogens with one attached hydrogen (secondary N) is 1. The summed E-state index contributed by atoms with van der Waals surface area (Å²) >= 11 is 3.38. The second-order valence-electron chi connectivity index (χ2n) is 9.54. The molecule has 30 heavy (non-hydrogen) atoms. The van der Waals surface area contributed by atoms with Crippen LogP contribution in [0.3, 0.4) is 0 Å². The van der Waals surface area contributed by atoms with Crippen LogP contribution in [0.1, 0.15) is 46.2 Å². The lowest BCUT2D eigenvalue weighted by Crippen LogP contribution is -2.51. The summed E-state index contributed by atoms with van der Waals surface area (Å²) in [4.78, 5) is 40.1. The van der Waals surface area contributed by atoms with Crippen LogP contribution >= 0.6 is 15.9 Å². The van der Waals surface area contributed by atoms with E-state index in [0.29, 0.717) is 12.1 Å². The maximum absolute atomic E-state index is 13.6. The SMILES string of the molecule is COC(=O)[C@H]1[C@H]2[C@@H](CN1C(=O)C(NC(=O)OC(C)(C)C)c1ccc(Br)cc1)C2(C)C. The predicted octanol–water partition coefficient (Wildman–Crippen LogP) is 3.67. The first-order chi connectivity index (χ1) is 13.9. The summed E-state index contributed by atoms with van der Waals surface area (Å²) in [6.07, 6.45) is -0.692. The summed E-state index contributed by atoms with van der Waals surface area (Å²) in [5, 5.41) is 2.69. The van der Waals surface area contributed by atoms with Gasteiger partial charge in [-0.15, -0.1) is 0 Å². The molecule has 4 atom stereocenters. The third-order valence-electron chi connectivity index (χ3n) is 6.05. The highest BCUT2D eigenvalue weighted by molar-refractivity contribution is 9.10. The molecule has 1 aromatic rings. The number of hydrogen-bond acceptors (Lipinski definition) is 5. The van der Waals surface area contributed by atoms with E-state index >= 15 is 0 Å². The Morgan fingerprint density at radius 3 is 2.33 bits per heavy atom. The van der Waals surface area contributed by atoms with Gasteiger partial charge in [-0.25, -0.2) is 9.59 Å². The number of nitrogens with zero attached hydrogens (tertiary/aromatic N) is 1. The van der Waals surface area contributed by atoms with Crippen molar-refractivity contribution < 1.29 is 23.9 Å². The molecule has 8 heteroatoms. The fourth-order valence-electron chi connectivity index (χ4n) is 4.44. The normalized spacial score (nSPS) is 25.2. The number of fused-ring (bicyclic) bond motifs is 1. The fourth-order valence-corrected chi connectivity index (χ4v) is 4.70. The third kappa shape index (κ3) is 4.33. The highest BCUT2D eigenvalue weighted by Crippen LogP contribution is 2.65. The van der Waals surface area contributed by atoms with Crippen LogP contribution in [-0.4, -0.2) is 48.2 Å². The van der Waals surface area contributed by atoms with Gasteiger partial charge in [-0.1, -0.05) is 41.9 Å². The van der Waals surface area contributed by atoms with Crippen LogP contribution in [0.25, 0.3) is 0 Å². The van der Waals surface area contributed by atoms with E-state index in [1.165, 1.54) is 7.11 Å². The molecule has 0 spiro atoms. The number of carbonyl (C=O) groups is 3. The molecule has 1 unspecified atom stereocenters. The van der Waals surface area contributed by atoms with Crippen LogP contribution in [0, 0.1) is 17.3 Å². The molecular formula is C22H29BrN2O5. The highest BCUT2D eigenvalue weighted by Gasteiger charge is 2.70. The molecule has 2 aliphatic rings. The molecule has 1 aliphatic carbocycles. The highest BCUT2D eigenvalue weighted by atomic mass is 79.9. The van der Waals surface area contributed by atoms with Gasteiger partial charge in [0.2, 0.25) is 0 Å². The van der Waals surface area contributed by atoms with Gasteiger partial charge in [0.05, 0.1) is 7.11 Å². The molecule has 164 valence electrons. The van der Waals surface area contributed by atoms with Gasteiger partial charge in [-0.3, -0.25) is 4.79 Å². The number of rotatable bonds is 4. The van der Waals surface area contributed by atoms with Crippen LogP contribution in [0.15, 0.2) is 28.7 Å². The van der Waals surface area contributed by atoms with E-state index in [1.54, 1.807) is 49.9 Å². The van der Waals surface area contributed by atoms with Crippen molar-refractivity contribution >= 4 is 33.9 Å². The smallest absolute Gasteiger partial charge is 0.408 e. The number of piperidine rings is 1. The van der Waals surface area contributed by atoms with E-state index in [0.717, 1.165) is 4.47 Å². The van der Waals surface area contributed by atoms with Crippen LogP contribution in [0.5, 0.6) is 0 Å². The number of methoxy groups -OCH3 is 1. The van der Waals surface area contributed by atoms with Gasteiger partial charge in [-0.05, 0) is 49.8 Å². The van der Waals surface area contributed by atoms with Crippen molar-refractivity contribution in [3.05, 3.63) is 34.3 Å². The minimum Gasteiger partial charge on any atom is -0.467 e. The number of ether oxygens (including phenoxy) is 2. The molecular weight excluding hydrogens is 452 g/mol. The zero-order chi connectivity index (χ0) is 22.4. The number of likely N-dealkylation sites (tertiary alicyclic amines) is 1. The van der Waals surface area contributed by atoms with Crippen molar-refractivity contribution in [1.82, 2.24) is 10.2 Å². The van der Waals surface area contributed by atoms with Crippen molar-refractivity contribution in [2.24, 2.45) is 17.3 Å². The van der Waals surface area contributed by atoms with Gasteiger partial charge < -0.3 is 19.7 Å². The molecule has 2 amide bonds. The number of esters is 1. The summed E-state index contributed by atoms with van der Waals surface area (Å²) < 4.78 is 11.2. The first kappa shape index (κ1) is 22.6. The maximum Gasteiger partial charge on any atom is 0.408 e. The first-order valence-electron chi connectivity index (χ1n) is 10.00. The lowest BCUT2D eigenvalue weighted by atomic mass is 9.99. The molecule has 1 aliphatic heterocycles. The Hall–Kier alpha value is -2.09. The van der Waals surface area contributed by atoms with Crippen molar-refractivity contribution in [2.75, 3.05) is 13.7 Å². The minimum absolute atomic E-state index is 0.0126. The van der Waals surface area contributed by atoms with Crippen molar-refractivity contribution in [3.63, 3.8) is 0 Å². The topological polar surface area (TPSA) is 84.9 Å². The number of halogens is 1. The van der Waals surface area contributed by atoms with E-state index in [1.807, 2.05) is 0 Å². The molecule has 1 aromatic carbocycles. The Bertz CT molecular complexity index is 846. The molecule has 3 rings (SSSR count). The molecule has 1 heterocycles. The predicted molar refractivity (Wildman–Crippen MR) is 115 cm³/mol. The average Bonchev–Trinajstić information content (AvgIpc) is 3.00. The molecule has 0 aromatic heterocycles. The number of carbonyl (C=O) groups excluding carboxylic acids is 3. The zero-order valence-corrected chi connectivity index (χ0v) is 19.8. The first-order valence-corrected chi connectivity index (χ1v) is 10.8. The van der Waals surface area contributed by atoms with E-state index in [-0.39, 0.29) is 23.2 Å². The Morgan fingerprint density at radius 1 is 1.20 bits per heavy atom. The molecule has 2 fully saturated rings. The van der Waals surface area contributed by atoms with Gasteiger partial charge in [0, 0.05) is 16.9 Å². The average molecular weight is 481 g/mol. The second-order valence-corrected chi connectivity index (χ2v) is 10.5. The molecule has 7 nitrogen and oxygen atoms in total. The molecule has 0 bridgehead atoms. The van der Waals surface area contributed by atoms with Crippen molar-refractivity contribution in [3.8, 4) is 0 Å². The van der Waals surface area contributed by atoms with Gasteiger partial charge in [0.15, 0.2) is 0 Å². The maximum atomic E-state index is 13.6. The summed E-state index contributed by atoms with van der Waals surface area (Å²) in [6.45, 7) is 9.93.